The van der Waals surface area contributed by atoms with Crippen LogP contribution < -0.4 is 5.32 Å². The minimum atomic E-state index is -0.437. The highest BCUT2D eigenvalue weighted by Gasteiger charge is 2.09. The van der Waals surface area contributed by atoms with Gasteiger partial charge in [0.15, 0.2) is 0 Å². The molecule has 0 radical (unpaired) electrons. The molecule has 2 heteroatoms. The molecule has 0 fully saturated rings. The topological polar surface area (TPSA) is 32.3 Å². The first-order valence-electron chi connectivity index (χ1n) is 7.67. The number of hydrogen-bond acceptors (Lipinski definition) is 2. The molecule has 0 spiro atoms. The highest BCUT2D eigenvalue weighted by molar-refractivity contribution is 5.21. The lowest BCUT2D eigenvalue weighted by Crippen LogP contribution is -2.30. The number of benzene rings is 2. The van der Waals surface area contributed by atoms with Crippen LogP contribution in [0, 0.1) is 6.92 Å². The van der Waals surface area contributed by atoms with E-state index in [1.54, 1.807) is 0 Å². The molecule has 0 aliphatic heterocycles. The van der Waals surface area contributed by atoms with Gasteiger partial charge in [-0.25, -0.2) is 0 Å². The molecule has 2 rings (SSSR count). The van der Waals surface area contributed by atoms with Crippen LogP contribution in [-0.4, -0.2) is 17.7 Å². The van der Waals surface area contributed by atoms with E-state index in [4.69, 9.17) is 0 Å². The molecule has 2 N–H and O–H groups in total. The van der Waals surface area contributed by atoms with Crippen molar-refractivity contribution < 1.29 is 5.11 Å². The molecule has 0 bridgehead atoms. The average Bonchev–Trinajstić information content (AvgIpc) is 2.53. The molecule has 112 valence electrons. The molecule has 2 nitrogen and oxygen atoms in total. The summed E-state index contributed by atoms with van der Waals surface area (Å²) in [6, 6.07) is 18.9. The lowest BCUT2D eigenvalue weighted by molar-refractivity contribution is 0.170. The molecular weight excluding hydrogens is 258 g/mol. The van der Waals surface area contributed by atoms with Crippen LogP contribution in [0.3, 0.4) is 0 Å². The Bertz CT molecular complexity index is 521. The Morgan fingerprint density at radius 1 is 1.00 bits per heavy atom. The van der Waals surface area contributed by atoms with Crippen molar-refractivity contribution in [3.63, 3.8) is 0 Å². The summed E-state index contributed by atoms with van der Waals surface area (Å²) < 4.78 is 0. The van der Waals surface area contributed by atoms with E-state index in [2.05, 4.69) is 43.4 Å². The molecule has 2 aromatic rings. The third kappa shape index (κ3) is 5.33. The lowest BCUT2D eigenvalue weighted by Gasteiger charge is -2.17. The fraction of sp³-hybridized carbons (Fsp3) is 0.368. The molecule has 21 heavy (non-hydrogen) atoms. The van der Waals surface area contributed by atoms with Crippen LogP contribution in [0.1, 0.15) is 36.1 Å². The van der Waals surface area contributed by atoms with Crippen LogP contribution in [0.5, 0.6) is 0 Å². The zero-order chi connectivity index (χ0) is 15.1. The Labute approximate surface area is 127 Å². The van der Waals surface area contributed by atoms with E-state index in [1.807, 2.05) is 30.3 Å². The number of aliphatic hydroxyl groups excluding tert-OH is 1. The van der Waals surface area contributed by atoms with Crippen molar-refractivity contribution in [1.29, 1.82) is 0 Å². The fourth-order valence-electron chi connectivity index (χ4n) is 2.35. The molecule has 2 unspecified atom stereocenters. The number of rotatable bonds is 7. The Morgan fingerprint density at radius 3 is 2.33 bits per heavy atom. The third-order valence-electron chi connectivity index (χ3n) is 3.83. The first-order chi connectivity index (χ1) is 10.1. The van der Waals surface area contributed by atoms with E-state index in [0.29, 0.717) is 12.6 Å². The van der Waals surface area contributed by atoms with E-state index in [9.17, 15) is 5.11 Å². The van der Waals surface area contributed by atoms with E-state index in [-0.39, 0.29) is 0 Å². The van der Waals surface area contributed by atoms with Gasteiger partial charge in [0.2, 0.25) is 0 Å². The number of nitrogens with one attached hydrogen (secondary N) is 1. The van der Waals surface area contributed by atoms with Gasteiger partial charge in [0.05, 0.1) is 6.10 Å². The molecule has 2 atom stereocenters. The van der Waals surface area contributed by atoms with Crippen LogP contribution in [0.25, 0.3) is 0 Å². The summed E-state index contributed by atoms with van der Waals surface area (Å²) in [6.45, 7) is 4.88. The van der Waals surface area contributed by atoms with Gasteiger partial charge < -0.3 is 10.4 Å². The predicted molar refractivity (Wildman–Crippen MR) is 88.4 cm³/mol. The standard InChI is InChI=1S/C19H25NO/c1-15-8-11-17(12-9-15)13-10-16(2)20-14-19(21)18-6-4-3-5-7-18/h3-9,11-12,16,19-21H,10,13-14H2,1-2H3. The zero-order valence-corrected chi connectivity index (χ0v) is 12.9. The van der Waals surface area contributed by atoms with Gasteiger partial charge in [0.25, 0.3) is 0 Å². The van der Waals surface area contributed by atoms with Crippen molar-refractivity contribution in [3.05, 3.63) is 71.3 Å². The van der Waals surface area contributed by atoms with Crippen molar-refractivity contribution >= 4 is 0 Å². The molecule has 0 aromatic heterocycles. The SMILES string of the molecule is Cc1ccc(CCC(C)NCC(O)c2ccccc2)cc1. The van der Waals surface area contributed by atoms with E-state index in [0.717, 1.165) is 18.4 Å². The molecule has 0 amide bonds. The van der Waals surface area contributed by atoms with Crippen LogP contribution >= 0.6 is 0 Å². The van der Waals surface area contributed by atoms with E-state index < -0.39 is 6.10 Å². The number of hydrogen-bond donors (Lipinski definition) is 2. The van der Waals surface area contributed by atoms with Crippen molar-refractivity contribution in [3.8, 4) is 0 Å². The number of aryl methyl sites for hydroxylation is 2. The lowest BCUT2D eigenvalue weighted by atomic mass is 10.0. The quantitative estimate of drug-likeness (QED) is 0.813. The summed E-state index contributed by atoms with van der Waals surface area (Å²) in [5.41, 5.74) is 3.64. The van der Waals surface area contributed by atoms with Gasteiger partial charge in [-0.1, -0.05) is 60.2 Å². The maximum absolute atomic E-state index is 10.1. The van der Waals surface area contributed by atoms with Gasteiger partial charge in [-0.2, -0.15) is 0 Å². The van der Waals surface area contributed by atoms with Crippen LogP contribution in [0.2, 0.25) is 0 Å². The van der Waals surface area contributed by atoms with Gasteiger partial charge in [0.1, 0.15) is 0 Å². The van der Waals surface area contributed by atoms with E-state index in [1.165, 1.54) is 11.1 Å². The summed E-state index contributed by atoms with van der Waals surface area (Å²) in [5.74, 6) is 0. The second-order valence-electron chi connectivity index (χ2n) is 5.76. The molecule has 0 saturated carbocycles. The predicted octanol–water partition coefficient (Wildman–Crippen LogP) is 3.64. The van der Waals surface area contributed by atoms with Crippen LogP contribution in [-0.2, 0) is 6.42 Å². The molecule has 0 aliphatic rings. The number of aliphatic hydroxyl groups is 1. The summed E-state index contributed by atoms with van der Waals surface area (Å²) in [4.78, 5) is 0. The fourth-order valence-corrected chi connectivity index (χ4v) is 2.35. The Hall–Kier alpha value is -1.64. The highest BCUT2D eigenvalue weighted by Crippen LogP contribution is 2.12. The van der Waals surface area contributed by atoms with Crippen molar-refractivity contribution in [2.24, 2.45) is 0 Å². The second-order valence-corrected chi connectivity index (χ2v) is 5.76. The largest absolute Gasteiger partial charge is 0.387 e. The summed E-state index contributed by atoms with van der Waals surface area (Å²) in [6.07, 6.45) is 1.70. The van der Waals surface area contributed by atoms with Gasteiger partial charge in [-0.3, -0.25) is 0 Å². The molecular formula is C19H25NO. The van der Waals surface area contributed by atoms with Crippen molar-refractivity contribution in [1.82, 2.24) is 5.32 Å². The van der Waals surface area contributed by atoms with Gasteiger partial charge >= 0.3 is 0 Å². The maximum atomic E-state index is 10.1. The average molecular weight is 283 g/mol. The highest BCUT2D eigenvalue weighted by atomic mass is 16.3. The first kappa shape index (κ1) is 15.7. The normalized spacial score (nSPS) is 13.9. The minimum absolute atomic E-state index is 0.393. The molecule has 0 saturated heterocycles. The summed E-state index contributed by atoms with van der Waals surface area (Å²) in [7, 11) is 0. The van der Waals surface area contributed by atoms with Gasteiger partial charge in [-0.15, -0.1) is 0 Å². The van der Waals surface area contributed by atoms with E-state index >= 15 is 0 Å². The van der Waals surface area contributed by atoms with Crippen LogP contribution in [0.4, 0.5) is 0 Å². The summed E-state index contributed by atoms with van der Waals surface area (Å²) in [5, 5.41) is 13.5. The zero-order valence-electron chi connectivity index (χ0n) is 12.9. The Morgan fingerprint density at radius 2 is 1.67 bits per heavy atom. The van der Waals surface area contributed by atoms with Crippen LogP contribution in [0.15, 0.2) is 54.6 Å². The minimum Gasteiger partial charge on any atom is -0.387 e. The van der Waals surface area contributed by atoms with Gasteiger partial charge in [-0.05, 0) is 37.8 Å². The van der Waals surface area contributed by atoms with Gasteiger partial charge in [0, 0.05) is 12.6 Å². The molecule has 2 aromatic carbocycles. The van der Waals surface area contributed by atoms with Crippen molar-refractivity contribution in [2.45, 2.75) is 38.8 Å². The molecule has 0 aliphatic carbocycles. The maximum Gasteiger partial charge on any atom is 0.0914 e. The Balaban J connectivity index is 1.72. The smallest absolute Gasteiger partial charge is 0.0914 e. The first-order valence-corrected chi connectivity index (χ1v) is 7.67. The Kier molecular flexibility index (Phi) is 5.97. The van der Waals surface area contributed by atoms with Crippen molar-refractivity contribution in [2.75, 3.05) is 6.54 Å². The second kappa shape index (κ2) is 7.96. The summed E-state index contributed by atoms with van der Waals surface area (Å²) >= 11 is 0. The monoisotopic (exact) mass is 283 g/mol. The third-order valence-corrected chi connectivity index (χ3v) is 3.83. The molecule has 0 heterocycles.